The number of anilines is 6. The summed E-state index contributed by atoms with van der Waals surface area (Å²) in [4.78, 5) is 7.25. The van der Waals surface area contributed by atoms with Crippen molar-refractivity contribution in [1.82, 2.24) is 0 Å². The molecule has 6 aromatic carbocycles. The van der Waals surface area contributed by atoms with Crippen LogP contribution in [-0.2, 0) is 0 Å². The van der Waals surface area contributed by atoms with Crippen LogP contribution in [0.15, 0.2) is 146 Å². The number of nitrogens with two attached hydrogens (primary N) is 3. The van der Waals surface area contributed by atoms with Gasteiger partial charge in [-0.15, -0.1) is 0 Å². The molecule has 0 unspecified atom stereocenters. The summed E-state index contributed by atoms with van der Waals surface area (Å²) < 4.78 is 0. The van der Waals surface area contributed by atoms with E-state index in [1.54, 1.807) is 0 Å². The van der Waals surface area contributed by atoms with Crippen LogP contribution in [0.5, 0.6) is 0 Å². The predicted molar refractivity (Wildman–Crippen MR) is 221 cm³/mol. The van der Waals surface area contributed by atoms with E-state index in [0.29, 0.717) is 0 Å². The van der Waals surface area contributed by atoms with Crippen molar-refractivity contribution in [2.45, 2.75) is 0 Å². The van der Waals surface area contributed by atoms with Gasteiger partial charge in [0.15, 0.2) is 0 Å². The van der Waals surface area contributed by atoms with Gasteiger partial charge in [-0.1, -0.05) is 109 Å². The topological polar surface area (TPSA) is 87.8 Å². The van der Waals surface area contributed by atoms with Gasteiger partial charge in [0.2, 0.25) is 0 Å². The summed E-state index contributed by atoms with van der Waals surface area (Å²) in [6, 6.07) is 50.0. The quantitative estimate of drug-likeness (QED) is 0.105. The molecule has 0 saturated carbocycles. The van der Waals surface area contributed by atoms with Gasteiger partial charge in [0, 0.05) is 34.1 Å². The molecule has 252 valence electrons. The molecule has 0 bridgehead atoms. The van der Waals surface area contributed by atoms with Crippen molar-refractivity contribution >= 4 is 70.6 Å². The zero-order valence-electron chi connectivity index (χ0n) is 28.5. The molecule has 1 aliphatic rings. The molecule has 0 aliphatic carbocycles. The molecular formula is C45H42N6. The highest BCUT2D eigenvalue weighted by Gasteiger charge is 2.24. The van der Waals surface area contributed by atoms with Crippen molar-refractivity contribution in [3.8, 4) is 0 Å². The number of rotatable bonds is 9. The predicted octanol–water partition coefficient (Wildman–Crippen LogP) is 9.65. The summed E-state index contributed by atoms with van der Waals surface area (Å²) >= 11 is 0. The second-order valence-electron chi connectivity index (χ2n) is 12.8. The smallest absolute Gasteiger partial charge is 0.0937 e. The van der Waals surface area contributed by atoms with Crippen molar-refractivity contribution in [2.75, 3.05) is 51.9 Å². The summed E-state index contributed by atoms with van der Waals surface area (Å²) in [5, 5.41) is 0. The zero-order chi connectivity index (χ0) is 35.0. The maximum absolute atomic E-state index is 5.85. The molecule has 6 N–H and O–H groups in total. The van der Waals surface area contributed by atoms with Gasteiger partial charge in [0.1, 0.15) is 0 Å². The molecule has 1 aliphatic heterocycles. The second-order valence-corrected chi connectivity index (χ2v) is 12.8. The van der Waals surface area contributed by atoms with Crippen LogP contribution in [0.3, 0.4) is 0 Å². The van der Waals surface area contributed by atoms with E-state index in [1.165, 1.54) is 17.1 Å². The van der Waals surface area contributed by atoms with Crippen LogP contribution >= 0.6 is 0 Å². The normalized spacial score (nSPS) is 13.5. The van der Waals surface area contributed by atoms with Crippen LogP contribution in [-0.4, -0.2) is 20.0 Å². The standard InChI is InChI=1S/C45H42N6/c46-40-19-7-34(8-20-40)1-4-37-13-25-43(26-14-37)49-31-50(44-27-15-38(16-28-44)5-2-35-9-21-41(47)22-10-35)33-51(32-49)45-29-17-39(18-30-45)6-3-36-11-23-42(48)24-12-36/h1-30H,31-33,46-48H2/b4-1+,5-2+,6-3+. The molecule has 0 aromatic heterocycles. The van der Waals surface area contributed by atoms with Gasteiger partial charge in [0.25, 0.3) is 0 Å². The minimum Gasteiger partial charge on any atom is -0.399 e. The molecule has 6 heteroatoms. The zero-order valence-corrected chi connectivity index (χ0v) is 28.5. The first-order valence-electron chi connectivity index (χ1n) is 17.1. The Morgan fingerprint density at radius 2 is 0.451 bits per heavy atom. The van der Waals surface area contributed by atoms with Gasteiger partial charge in [0.05, 0.1) is 20.0 Å². The number of nitrogens with zero attached hydrogens (tertiary/aromatic N) is 3. The first kappa shape index (κ1) is 32.9. The van der Waals surface area contributed by atoms with Gasteiger partial charge in [-0.05, 0) is 106 Å². The Hall–Kier alpha value is -6.66. The molecule has 1 fully saturated rings. The first-order chi connectivity index (χ1) is 24.9. The maximum Gasteiger partial charge on any atom is 0.0937 e. The fourth-order valence-electron chi connectivity index (χ4n) is 6.03. The van der Waals surface area contributed by atoms with E-state index in [0.717, 1.165) is 70.4 Å². The van der Waals surface area contributed by atoms with Gasteiger partial charge >= 0.3 is 0 Å². The fraction of sp³-hybridized carbons (Fsp3) is 0.0667. The summed E-state index contributed by atoms with van der Waals surface area (Å²) in [6.07, 6.45) is 12.7. The Morgan fingerprint density at radius 3 is 0.647 bits per heavy atom. The molecule has 7 rings (SSSR count). The molecule has 0 radical (unpaired) electrons. The lowest BCUT2D eigenvalue weighted by molar-refractivity contribution is 0.611. The lowest BCUT2D eigenvalue weighted by atomic mass is 10.1. The summed E-state index contributed by atoms with van der Waals surface area (Å²) in [5.41, 5.74) is 30.2. The minimum absolute atomic E-state index is 0.764. The average molecular weight is 667 g/mol. The van der Waals surface area contributed by atoms with E-state index in [-0.39, 0.29) is 0 Å². The van der Waals surface area contributed by atoms with Crippen LogP contribution < -0.4 is 31.9 Å². The minimum atomic E-state index is 0.764. The molecular weight excluding hydrogens is 625 g/mol. The molecule has 0 atom stereocenters. The van der Waals surface area contributed by atoms with Crippen molar-refractivity contribution in [1.29, 1.82) is 0 Å². The number of hydrogen-bond acceptors (Lipinski definition) is 6. The summed E-state index contributed by atoms with van der Waals surface area (Å²) in [6.45, 7) is 2.29. The molecule has 1 saturated heterocycles. The van der Waals surface area contributed by atoms with Crippen molar-refractivity contribution in [2.24, 2.45) is 0 Å². The molecule has 0 amide bonds. The maximum atomic E-state index is 5.85. The highest BCUT2D eigenvalue weighted by molar-refractivity contribution is 5.74. The molecule has 1 heterocycles. The fourth-order valence-corrected chi connectivity index (χ4v) is 6.03. The van der Waals surface area contributed by atoms with Crippen molar-refractivity contribution in [3.05, 3.63) is 179 Å². The van der Waals surface area contributed by atoms with Crippen LogP contribution in [0.1, 0.15) is 33.4 Å². The molecule has 0 spiro atoms. The van der Waals surface area contributed by atoms with E-state index in [4.69, 9.17) is 17.2 Å². The Kier molecular flexibility index (Phi) is 9.84. The van der Waals surface area contributed by atoms with E-state index in [1.807, 2.05) is 72.8 Å². The number of benzene rings is 6. The van der Waals surface area contributed by atoms with E-state index in [2.05, 4.69) is 124 Å². The number of nitrogen functional groups attached to an aromatic ring is 3. The lowest BCUT2D eigenvalue weighted by Crippen LogP contribution is -2.55. The first-order valence-corrected chi connectivity index (χ1v) is 17.1. The highest BCUT2D eigenvalue weighted by atomic mass is 15.5. The molecule has 6 aromatic rings. The Bertz CT molecular complexity index is 1860. The molecule has 6 nitrogen and oxygen atoms in total. The second kappa shape index (κ2) is 15.3. The van der Waals surface area contributed by atoms with Crippen LogP contribution in [0.25, 0.3) is 36.5 Å². The Balaban J connectivity index is 1.10. The third kappa shape index (κ3) is 8.69. The Morgan fingerprint density at radius 1 is 0.275 bits per heavy atom. The van der Waals surface area contributed by atoms with E-state index < -0.39 is 0 Å². The van der Waals surface area contributed by atoms with Crippen LogP contribution in [0.2, 0.25) is 0 Å². The van der Waals surface area contributed by atoms with Crippen molar-refractivity contribution < 1.29 is 0 Å². The Labute approximate surface area is 300 Å². The average Bonchev–Trinajstić information content (AvgIpc) is 3.18. The largest absolute Gasteiger partial charge is 0.399 e. The van der Waals surface area contributed by atoms with E-state index >= 15 is 0 Å². The van der Waals surface area contributed by atoms with Crippen molar-refractivity contribution in [3.63, 3.8) is 0 Å². The lowest BCUT2D eigenvalue weighted by Gasteiger charge is -2.45. The van der Waals surface area contributed by atoms with Crippen LogP contribution in [0.4, 0.5) is 34.1 Å². The highest BCUT2D eigenvalue weighted by Crippen LogP contribution is 2.28. The molecule has 51 heavy (non-hydrogen) atoms. The SMILES string of the molecule is Nc1ccc(/C=C/c2ccc(N3CN(c4ccc(/C=C/c5ccc(N)cc5)cc4)CN(c4ccc(/C=C/c5ccc(N)cc5)cc4)C3)cc2)cc1. The van der Waals surface area contributed by atoms with Gasteiger partial charge < -0.3 is 31.9 Å². The number of hydrogen-bond donors (Lipinski definition) is 3. The third-order valence-electron chi connectivity index (χ3n) is 9.01. The summed E-state index contributed by atoms with van der Waals surface area (Å²) in [5.74, 6) is 0. The van der Waals surface area contributed by atoms with Gasteiger partial charge in [-0.2, -0.15) is 0 Å². The summed E-state index contributed by atoms with van der Waals surface area (Å²) in [7, 11) is 0. The van der Waals surface area contributed by atoms with Crippen LogP contribution in [0, 0.1) is 0 Å². The van der Waals surface area contributed by atoms with Gasteiger partial charge in [-0.25, -0.2) is 0 Å². The third-order valence-corrected chi connectivity index (χ3v) is 9.01. The van der Waals surface area contributed by atoms with Gasteiger partial charge in [-0.3, -0.25) is 0 Å². The van der Waals surface area contributed by atoms with E-state index in [9.17, 15) is 0 Å². The monoisotopic (exact) mass is 666 g/mol.